The van der Waals surface area contributed by atoms with Crippen molar-refractivity contribution in [3.05, 3.63) is 53.7 Å². The number of hydrogen-bond acceptors (Lipinski definition) is 3. The van der Waals surface area contributed by atoms with Gasteiger partial charge in [0.25, 0.3) is 0 Å². The number of aromatic nitrogens is 4. The van der Waals surface area contributed by atoms with E-state index in [0.717, 1.165) is 30.0 Å². The Balaban J connectivity index is 1.49. The molecule has 3 heterocycles. The number of anilines is 1. The van der Waals surface area contributed by atoms with E-state index < -0.39 is 0 Å². The summed E-state index contributed by atoms with van der Waals surface area (Å²) >= 11 is 0. The molecule has 1 aliphatic heterocycles. The third kappa shape index (κ3) is 3.18. The summed E-state index contributed by atoms with van der Waals surface area (Å²) in [6, 6.07) is 10.8. The fourth-order valence-electron chi connectivity index (χ4n) is 3.41. The summed E-state index contributed by atoms with van der Waals surface area (Å²) in [5.74, 6) is 1.22. The van der Waals surface area contributed by atoms with Gasteiger partial charge in [-0.1, -0.05) is 12.1 Å². The minimum atomic E-state index is 0.172. The number of rotatable bonds is 4. The molecule has 1 aromatic carbocycles. The predicted octanol–water partition coefficient (Wildman–Crippen LogP) is 4.10. The van der Waals surface area contributed by atoms with Crippen LogP contribution in [0.3, 0.4) is 0 Å². The molecule has 0 aliphatic carbocycles. The lowest BCUT2D eigenvalue weighted by Gasteiger charge is -2.13. The summed E-state index contributed by atoms with van der Waals surface area (Å²) in [5.41, 5.74) is 5.59. The van der Waals surface area contributed by atoms with Crippen LogP contribution >= 0.6 is 0 Å². The minimum absolute atomic E-state index is 0.172. The lowest BCUT2D eigenvalue weighted by Crippen LogP contribution is -2.08. The molecule has 25 heavy (non-hydrogen) atoms. The molecular weight excluding hydrogens is 310 g/mol. The van der Waals surface area contributed by atoms with Crippen LogP contribution in [0.15, 0.2) is 36.5 Å². The Hall–Kier alpha value is -2.56. The number of hydrogen-bond donors (Lipinski definition) is 1. The van der Waals surface area contributed by atoms with Crippen LogP contribution in [0.5, 0.6) is 0 Å². The SMILES string of the molecule is Cc1cc(C(C)Nc2ccc(-c3cn4c(n3)CCCC4)cc2)nn1C. The Bertz CT molecular complexity index is 829. The highest BCUT2D eigenvalue weighted by atomic mass is 15.3. The maximum Gasteiger partial charge on any atom is 0.109 e. The molecule has 130 valence electrons. The van der Waals surface area contributed by atoms with Crippen molar-refractivity contribution in [1.29, 1.82) is 0 Å². The number of nitrogens with zero attached hydrogens (tertiary/aromatic N) is 4. The molecule has 1 atom stereocenters. The van der Waals surface area contributed by atoms with Gasteiger partial charge < -0.3 is 9.88 Å². The van der Waals surface area contributed by atoms with E-state index in [0.29, 0.717) is 0 Å². The minimum Gasteiger partial charge on any atom is -0.377 e. The number of nitrogens with one attached hydrogen (secondary N) is 1. The first-order valence-electron chi connectivity index (χ1n) is 9.04. The van der Waals surface area contributed by atoms with Gasteiger partial charge in [0, 0.05) is 43.2 Å². The van der Waals surface area contributed by atoms with Crippen LogP contribution in [0, 0.1) is 6.92 Å². The first-order valence-corrected chi connectivity index (χ1v) is 9.04. The molecule has 5 nitrogen and oxygen atoms in total. The summed E-state index contributed by atoms with van der Waals surface area (Å²) in [7, 11) is 1.98. The molecular formula is C20H25N5. The Kier molecular flexibility index (Phi) is 4.07. The second-order valence-corrected chi connectivity index (χ2v) is 6.97. The Morgan fingerprint density at radius 3 is 2.64 bits per heavy atom. The maximum absolute atomic E-state index is 4.80. The summed E-state index contributed by atoms with van der Waals surface area (Å²) < 4.78 is 4.22. The van der Waals surface area contributed by atoms with Gasteiger partial charge >= 0.3 is 0 Å². The van der Waals surface area contributed by atoms with Crippen LogP contribution in [-0.2, 0) is 20.0 Å². The van der Waals surface area contributed by atoms with Crippen molar-refractivity contribution in [1.82, 2.24) is 19.3 Å². The summed E-state index contributed by atoms with van der Waals surface area (Å²) in [4.78, 5) is 4.80. The summed E-state index contributed by atoms with van der Waals surface area (Å²) in [6.07, 6.45) is 5.80. The first kappa shape index (κ1) is 15.9. The fraction of sp³-hybridized carbons (Fsp3) is 0.400. The first-order chi connectivity index (χ1) is 12.1. The van der Waals surface area contributed by atoms with Crippen LogP contribution < -0.4 is 5.32 Å². The average molecular weight is 335 g/mol. The molecule has 0 amide bonds. The van der Waals surface area contributed by atoms with Gasteiger partial charge in [-0.15, -0.1) is 0 Å². The third-order valence-electron chi connectivity index (χ3n) is 5.05. The predicted molar refractivity (Wildman–Crippen MR) is 101 cm³/mol. The van der Waals surface area contributed by atoms with Gasteiger partial charge in [-0.3, -0.25) is 4.68 Å². The molecule has 0 saturated carbocycles. The molecule has 0 spiro atoms. The van der Waals surface area contributed by atoms with E-state index in [-0.39, 0.29) is 6.04 Å². The highest BCUT2D eigenvalue weighted by molar-refractivity contribution is 5.62. The van der Waals surface area contributed by atoms with Gasteiger partial charge in [-0.25, -0.2) is 4.98 Å². The zero-order valence-corrected chi connectivity index (χ0v) is 15.2. The van der Waals surface area contributed by atoms with E-state index in [2.05, 4.69) is 65.4 Å². The van der Waals surface area contributed by atoms with Gasteiger partial charge in [-0.05, 0) is 44.9 Å². The van der Waals surface area contributed by atoms with E-state index in [1.807, 2.05) is 11.7 Å². The molecule has 0 bridgehead atoms. The Morgan fingerprint density at radius 1 is 1.16 bits per heavy atom. The molecule has 1 aliphatic rings. The number of imidazole rings is 1. The van der Waals surface area contributed by atoms with Crippen LogP contribution in [0.4, 0.5) is 5.69 Å². The largest absolute Gasteiger partial charge is 0.377 e. The fourth-order valence-corrected chi connectivity index (χ4v) is 3.41. The van der Waals surface area contributed by atoms with Crippen molar-refractivity contribution in [2.24, 2.45) is 7.05 Å². The third-order valence-corrected chi connectivity index (χ3v) is 5.05. The number of aryl methyl sites for hydroxylation is 4. The van der Waals surface area contributed by atoms with Gasteiger partial charge in [0.15, 0.2) is 0 Å². The van der Waals surface area contributed by atoms with Crippen LogP contribution in [-0.4, -0.2) is 19.3 Å². The van der Waals surface area contributed by atoms with Crippen LogP contribution in [0.2, 0.25) is 0 Å². The molecule has 4 rings (SSSR count). The Labute approximate surface area is 148 Å². The van der Waals surface area contributed by atoms with E-state index in [4.69, 9.17) is 4.98 Å². The van der Waals surface area contributed by atoms with Crippen molar-refractivity contribution in [2.75, 3.05) is 5.32 Å². The lowest BCUT2D eigenvalue weighted by atomic mass is 10.1. The van der Waals surface area contributed by atoms with E-state index >= 15 is 0 Å². The highest BCUT2D eigenvalue weighted by Crippen LogP contribution is 2.25. The molecule has 5 heteroatoms. The lowest BCUT2D eigenvalue weighted by molar-refractivity contribution is 0.522. The monoisotopic (exact) mass is 335 g/mol. The average Bonchev–Trinajstić information content (AvgIpc) is 3.19. The van der Waals surface area contributed by atoms with Crippen molar-refractivity contribution < 1.29 is 0 Å². The molecule has 0 radical (unpaired) electrons. The summed E-state index contributed by atoms with van der Waals surface area (Å²) in [5, 5.41) is 8.07. The van der Waals surface area contributed by atoms with Gasteiger partial charge in [0.05, 0.1) is 17.4 Å². The second kappa shape index (κ2) is 6.39. The summed E-state index contributed by atoms with van der Waals surface area (Å²) in [6.45, 7) is 5.31. The molecule has 3 aromatic rings. The molecule has 0 fully saturated rings. The van der Waals surface area contributed by atoms with Crippen molar-refractivity contribution in [2.45, 2.75) is 45.7 Å². The van der Waals surface area contributed by atoms with E-state index in [1.165, 1.54) is 29.9 Å². The zero-order chi connectivity index (χ0) is 17.4. The molecule has 2 aromatic heterocycles. The molecule has 1 unspecified atom stereocenters. The quantitative estimate of drug-likeness (QED) is 0.781. The van der Waals surface area contributed by atoms with E-state index in [9.17, 15) is 0 Å². The zero-order valence-electron chi connectivity index (χ0n) is 15.2. The van der Waals surface area contributed by atoms with Gasteiger partial charge in [-0.2, -0.15) is 5.10 Å². The van der Waals surface area contributed by atoms with E-state index in [1.54, 1.807) is 0 Å². The highest BCUT2D eigenvalue weighted by Gasteiger charge is 2.14. The van der Waals surface area contributed by atoms with Gasteiger partial charge in [0.2, 0.25) is 0 Å². The van der Waals surface area contributed by atoms with Crippen LogP contribution in [0.25, 0.3) is 11.3 Å². The topological polar surface area (TPSA) is 47.7 Å². The normalized spacial score (nSPS) is 15.0. The smallest absolute Gasteiger partial charge is 0.109 e. The second-order valence-electron chi connectivity index (χ2n) is 6.97. The Morgan fingerprint density at radius 2 is 1.96 bits per heavy atom. The standard InChI is InChI=1S/C20H25N5/c1-14-12-18(23-24(14)3)15(2)21-17-9-7-16(8-10-17)19-13-25-11-5-4-6-20(25)22-19/h7-10,12-13,15,21H,4-6,11H2,1-3H3. The van der Waals surface area contributed by atoms with Gasteiger partial charge in [0.1, 0.15) is 5.82 Å². The number of benzene rings is 1. The van der Waals surface area contributed by atoms with Crippen molar-refractivity contribution in [3.8, 4) is 11.3 Å². The van der Waals surface area contributed by atoms with Crippen molar-refractivity contribution in [3.63, 3.8) is 0 Å². The maximum atomic E-state index is 4.80. The molecule has 0 saturated heterocycles. The number of fused-ring (bicyclic) bond motifs is 1. The molecule has 1 N–H and O–H groups in total. The van der Waals surface area contributed by atoms with Crippen LogP contribution in [0.1, 0.15) is 43.0 Å². The van der Waals surface area contributed by atoms with Crippen molar-refractivity contribution >= 4 is 5.69 Å².